The highest BCUT2D eigenvalue weighted by molar-refractivity contribution is 5.85. The molecule has 0 bridgehead atoms. The number of rotatable bonds is 14. The van der Waals surface area contributed by atoms with E-state index in [2.05, 4.69) is 45.7 Å². The molecular weight excluding hydrogens is 637 g/mol. The molecule has 0 radical (unpaired) electrons. The van der Waals surface area contributed by atoms with Gasteiger partial charge in [0.1, 0.15) is 23.4 Å². The fourth-order valence-corrected chi connectivity index (χ4v) is 11.0. The maximum atomic E-state index is 13.1. The number of carbonyl (C=O) groups is 1. The van der Waals surface area contributed by atoms with Crippen LogP contribution in [0, 0.1) is 52.2 Å². The lowest BCUT2D eigenvalue weighted by atomic mass is 9.47. The normalized spacial score (nSPS) is 30.7. The number of nitrogens with zero attached hydrogens (tertiary/aromatic N) is 1. The van der Waals surface area contributed by atoms with Crippen molar-refractivity contribution < 1.29 is 23.8 Å². The Morgan fingerprint density at radius 2 is 1.78 bits per heavy atom. The second-order valence-corrected chi connectivity index (χ2v) is 17.4. The summed E-state index contributed by atoms with van der Waals surface area (Å²) in [6.07, 6.45) is 19.9. The van der Waals surface area contributed by atoms with Crippen molar-refractivity contribution in [2.45, 2.75) is 131 Å². The average molecular weight is 700 g/mol. The first-order valence-electron chi connectivity index (χ1n) is 20.1. The Hall–Kier alpha value is -3.15. The fourth-order valence-electron chi connectivity index (χ4n) is 11.0. The fraction of sp³-hybridized carbons (Fsp3) is 0.644. The van der Waals surface area contributed by atoms with E-state index >= 15 is 0 Å². The molecule has 2 aromatic carbocycles. The number of aliphatic imine (C=N–C) groups is 1. The second kappa shape index (κ2) is 16.3. The number of fused-ring (bicyclic) bond motifs is 5. The standard InChI is InChI=1S/C45H62FNO4/c1-30(2)9-8-10-31(3)39-20-21-40-38-19-13-33-27-37(22-24-44(33,4)41(38)23-25-45(39,40)5)51-43(49)11-6-7-26-50-36-18-12-32(42(48)28-36)29-47-35-16-14-34(46)15-17-35/h12-18,28-31,37-41,48H,6-11,19-27H2,1-5H3/t31-,37?,38+,39-,40+,41+,44+,45-/m1/s1. The number of allylic oxidation sites excluding steroid dienone is 1. The van der Waals surface area contributed by atoms with Crippen LogP contribution in [0.15, 0.2) is 59.1 Å². The van der Waals surface area contributed by atoms with Crippen molar-refractivity contribution in [2.24, 2.45) is 51.3 Å². The van der Waals surface area contributed by atoms with E-state index in [1.807, 2.05) is 0 Å². The molecule has 6 rings (SSSR count). The zero-order chi connectivity index (χ0) is 36.2. The molecule has 8 atom stereocenters. The van der Waals surface area contributed by atoms with Gasteiger partial charge in [-0.05, 0) is 141 Å². The first kappa shape index (κ1) is 37.6. The number of aromatic hydroxyl groups is 1. The lowest BCUT2D eigenvalue weighted by Gasteiger charge is -2.58. The van der Waals surface area contributed by atoms with Gasteiger partial charge >= 0.3 is 5.97 Å². The number of ether oxygens (including phenoxy) is 2. The topological polar surface area (TPSA) is 68.1 Å². The van der Waals surface area contributed by atoms with Crippen molar-refractivity contribution in [3.05, 3.63) is 65.5 Å². The van der Waals surface area contributed by atoms with E-state index in [4.69, 9.17) is 9.47 Å². The van der Waals surface area contributed by atoms with Gasteiger partial charge in [0, 0.05) is 30.7 Å². The third-order valence-corrected chi connectivity index (χ3v) is 13.8. The molecule has 0 saturated heterocycles. The zero-order valence-corrected chi connectivity index (χ0v) is 31.8. The van der Waals surface area contributed by atoms with Crippen molar-refractivity contribution in [3.8, 4) is 11.5 Å². The minimum absolute atomic E-state index is 0.00545. The van der Waals surface area contributed by atoms with E-state index < -0.39 is 0 Å². The van der Waals surface area contributed by atoms with Crippen LogP contribution in [-0.2, 0) is 9.53 Å². The van der Waals surface area contributed by atoms with Gasteiger partial charge in [-0.15, -0.1) is 0 Å². The average Bonchev–Trinajstić information content (AvgIpc) is 3.46. The van der Waals surface area contributed by atoms with Crippen LogP contribution in [0.4, 0.5) is 10.1 Å². The molecule has 0 aromatic heterocycles. The summed E-state index contributed by atoms with van der Waals surface area (Å²) in [5, 5.41) is 10.4. The van der Waals surface area contributed by atoms with E-state index in [-0.39, 0.29) is 29.1 Å². The summed E-state index contributed by atoms with van der Waals surface area (Å²) in [7, 11) is 0. The van der Waals surface area contributed by atoms with Gasteiger partial charge in [0.25, 0.3) is 0 Å². The first-order valence-corrected chi connectivity index (χ1v) is 20.1. The Kier molecular flexibility index (Phi) is 12.0. The third kappa shape index (κ3) is 8.57. The Bertz CT molecular complexity index is 1550. The highest BCUT2D eigenvalue weighted by atomic mass is 19.1. The quantitative estimate of drug-likeness (QED) is 0.0922. The predicted octanol–water partition coefficient (Wildman–Crippen LogP) is 11.8. The van der Waals surface area contributed by atoms with Crippen molar-refractivity contribution in [3.63, 3.8) is 0 Å². The summed E-state index contributed by atoms with van der Waals surface area (Å²) in [4.78, 5) is 17.2. The minimum Gasteiger partial charge on any atom is -0.507 e. The van der Waals surface area contributed by atoms with Crippen LogP contribution < -0.4 is 4.74 Å². The summed E-state index contributed by atoms with van der Waals surface area (Å²) in [6, 6.07) is 10.9. The summed E-state index contributed by atoms with van der Waals surface area (Å²) in [5.74, 6) is 5.18. The van der Waals surface area contributed by atoms with Crippen LogP contribution in [0.2, 0.25) is 0 Å². The maximum absolute atomic E-state index is 13.1. The van der Waals surface area contributed by atoms with Gasteiger partial charge in [0.15, 0.2) is 0 Å². The van der Waals surface area contributed by atoms with Crippen molar-refractivity contribution in [1.29, 1.82) is 0 Å². The molecule has 4 aliphatic rings. The zero-order valence-electron chi connectivity index (χ0n) is 31.8. The number of hydrogen-bond acceptors (Lipinski definition) is 5. The Morgan fingerprint density at radius 1 is 0.980 bits per heavy atom. The summed E-state index contributed by atoms with van der Waals surface area (Å²) >= 11 is 0. The van der Waals surface area contributed by atoms with Crippen molar-refractivity contribution in [1.82, 2.24) is 0 Å². The van der Waals surface area contributed by atoms with E-state index in [1.54, 1.807) is 35.9 Å². The number of esters is 1. The summed E-state index contributed by atoms with van der Waals surface area (Å²) in [5.41, 5.74) is 3.47. The third-order valence-electron chi connectivity index (χ3n) is 13.8. The first-order chi connectivity index (χ1) is 24.5. The lowest BCUT2D eigenvalue weighted by Crippen LogP contribution is -2.51. The molecule has 0 aliphatic heterocycles. The summed E-state index contributed by atoms with van der Waals surface area (Å²) in [6.45, 7) is 12.9. The smallest absolute Gasteiger partial charge is 0.306 e. The molecule has 0 spiro atoms. The maximum Gasteiger partial charge on any atom is 0.306 e. The van der Waals surface area contributed by atoms with E-state index in [1.165, 1.54) is 69.7 Å². The molecule has 51 heavy (non-hydrogen) atoms. The summed E-state index contributed by atoms with van der Waals surface area (Å²) < 4.78 is 25.0. The molecule has 2 aromatic rings. The second-order valence-electron chi connectivity index (χ2n) is 17.4. The van der Waals surface area contributed by atoms with Crippen LogP contribution >= 0.6 is 0 Å². The molecule has 0 amide bonds. The van der Waals surface area contributed by atoms with Gasteiger partial charge in [0.2, 0.25) is 0 Å². The molecular formula is C45H62FNO4. The van der Waals surface area contributed by atoms with Crippen LogP contribution in [0.1, 0.15) is 130 Å². The molecule has 3 saturated carbocycles. The van der Waals surface area contributed by atoms with Gasteiger partial charge in [-0.2, -0.15) is 0 Å². The van der Waals surface area contributed by atoms with Crippen LogP contribution in [0.3, 0.4) is 0 Å². The molecule has 3 fully saturated rings. The monoisotopic (exact) mass is 699 g/mol. The van der Waals surface area contributed by atoms with Crippen molar-refractivity contribution >= 4 is 17.9 Å². The largest absolute Gasteiger partial charge is 0.507 e. The molecule has 278 valence electrons. The van der Waals surface area contributed by atoms with Crippen LogP contribution in [-0.4, -0.2) is 30.0 Å². The van der Waals surface area contributed by atoms with Crippen LogP contribution in [0.5, 0.6) is 11.5 Å². The number of carbonyl (C=O) groups excluding carboxylic acids is 1. The Balaban J connectivity index is 0.929. The number of phenols is 1. The highest BCUT2D eigenvalue weighted by Gasteiger charge is 2.59. The molecule has 5 nitrogen and oxygen atoms in total. The highest BCUT2D eigenvalue weighted by Crippen LogP contribution is 2.67. The van der Waals surface area contributed by atoms with Crippen molar-refractivity contribution in [2.75, 3.05) is 6.61 Å². The number of unbranched alkanes of at least 4 members (excludes halogenated alkanes) is 1. The Morgan fingerprint density at radius 3 is 2.55 bits per heavy atom. The molecule has 0 heterocycles. The van der Waals surface area contributed by atoms with Crippen LogP contribution in [0.25, 0.3) is 0 Å². The SMILES string of the molecule is CC(C)CCC[C@@H](C)[C@H]1CC[C@H]2[C@@H]3CC=C4CC(OC(=O)CCCCOc5ccc(C=Nc6ccc(F)cc6)c(O)c5)CC[C@]4(C)[C@H]3CC[C@]12C. The molecule has 1 unspecified atom stereocenters. The van der Waals surface area contributed by atoms with Gasteiger partial charge in [-0.1, -0.05) is 65.5 Å². The van der Waals surface area contributed by atoms with Gasteiger partial charge in [0.05, 0.1) is 12.3 Å². The van der Waals surface area contributed by atoms with Gasteiger partial charge in [-0.3, -0.25) is 9.79 Å². The molecule has 6 heteroatoms. The predicted molar refractivity (Wildman–Crippen MR) is 204 cm³/mol. The van der Waals surface area contributed by atoms with Gasteiger partial charge in [-0.25, -0.2) is 4.39 Å². The van der Waals surface area contributed by atoms with Gasteiger partial charge < -0.3 is 14.6 Å². The number of halogens is 1. The van der Waals surface area contributed by atoms with E-state index in [0.29, 0.717) is 41.9 Å². The number of phenolic OH excluding ortho intramolecular Hbond substituents is 1. The minimum atomic E-state index is -0.317. The number of benzene rings is 2. The van der Waals surface area contributed by atoms with E-state index in [9.17, 15) is 14.3 Å². The molecule has 1 N–H and O–H groups in total. The lowest BCUT2D eigenvalue weighted by molar-refractivity contribution is -0.151. The number of hydrogen-bond donors (Lipinski definition) is 1. The van der Waals surface area contributed by atoms with E-state index in [0.717, 1.165) is 61.2 Å². The Labute approximate surface area is 306 Å². The molecule has 4 aliphatic carbocycles.